The summed E-state index contributed by atoms with van der Waals surface area (Å²) in [6.07, 6.45) is 1.51. The Bertz CT molecular complexity index is 1240. The number of carbonyl (C=O) groups is 1. The fourth-order valence-corrected chi connectivity index (χ4v) is 4.80. The van der Waals surface area contributed by atoms with E-state index in [0.717, 1.165) is 26.4 Å². The molecule has 0 aliphatic heterocycles. The highest BCUT2D eigenvalue weighted by molar-refractivity contribution is 8.00. The minimum atomic E-state index is -0.458. The summed E-state index contributed by atoms with van der Waals surface area (Å²) in [5, 5.41) is 17.4. The lowest BCUT2D eigenvalue weighted by atomic mass is 10.1. The van der Waals surface area contributed by atoms with Crippen LogP contribution in [0.25, 0.3) is 21.3 Å². The number of benzene rings is 2. The molecule has 30 heavy (non-hydrogen) atoms. The topological polar surface area (TPSA) is 98.0 Å². The standard InChI is InChI=1S/C21H16N4O3S2/c1-13-9-15(25(27)28)7-8-17(13)24-18(26)11-30-21-19-16(14-5-3-2-4-6-14)10-29-20(19)22-12-23-21/h2-10,12H,11H2,1H3,(H,24,26). The highest BCUT2D eigenvalue weighted by Crippen LogP contribution is 2.37. The highest BCUT2D eigenvalue weighted by atomic mass is 32.2. The number of thiophene rings is 1. The Hall–Kier alpha value is -3.30. The van der Waals surface area contributed by atoms with E-state index >= 15 is 0 Å². The van der Waals surface area contributed by atoms with Crippen LogP contribution in [-0.2, 0) is 4.79 Å². The third-order valence-electron chi connectivity index (χ3n) is 4.46. The Morgan fingerprint density at radius 1 is 1.20 bits per heavy atom. The van der Waals surface area contributed by atoms with Crippen LogP contribution in [0.4, 0.5) is 11.4 Å². The fourth-order valence-electron chi connectivity index (χ4n) is 3.01. The average molecular weight is 437 g/mol. The van der Waals surface area contributed by atoms with Gasteiger partial charge in [0.1, 0.15) is 16.2 Å². The summed E-state index contributed by atoms with van der Waals surface area (Å²) in [6, 6.07) is 14.4. The first kappa shape index (κ1) is 20.0. The van der Waals surface area contributed by atoms with Gasteiger partial charge in [0.25, 0.3) is 5.69 Å². The Labute approximate surface area is 180 Å². The number of thioether (sulfide) groups is 1. The summed E-state index contributed by atoms with van der Waals surface area (Å²) in [7, 11) is 0. The third-order valence-corrected chi connectivity index (χ3v) is 6.33. The van der Waals surface area contributed by atoms with Gasteiger partial charge in [-0.2, -0.15) is 0 Å². The van der Waals surface area contributed by atoms with Gasteiger partial charge in [-0.25, -0.2) is 9.97 Å². The van der Waals surface area contributed by atoms with Gasteiger partial charge in [0.05, 0.1) is 16.1 Å². The molecule has 0 saturated heterocycles. The number of carbonyl (C=O) groups excluding carboxylic acids is 1. The number of nitrogens with one attached hydrogen (secondary N) is 1. The van der Waals surface area contributed by atoms with E-state index in [1.54, 1.807) is 24.3 Å². The second-order valence-electron chi connectivity index (χ2n) is 6.47. The molecule has 4 aromatic rings. The van der Waals surface area contributed by atoms with Crippen LogP contribution in [0.1, 0.15) is 5.56 Å². The van der Waals surface area contributed by atoms with E-state index in [2.05, 4.69) is 20.7 Å². The van der Waals surface area contributed by atoms with Crippen molar-refractivity contribution in [3.05, 3.63) is 75.9 Å². The Morgan fingerprint density at radius 3 is 2.73 bits per heavy atom. The number of hydrogen-bond donors (Lipinski definition) is 1. The monoisotopic (exact) mass is 436 g/mol. The van der Waals surface area contributed by atoms with Crippen LogP contribution < -0.4 is 5.32 Å². The van der Waals surface area contributed by atoms with Crippen molar-refractivity contribution in [1.82, 2.24) is 9.97 Å². The quantitative estimate of drug-likeness (QED) is 0.190. The first-order valence-electron chi connectivity index (χ1n) is 8.98. The van der Waals surface area contributed by atoms with Crippen LogP contribution in [0, 0.1) is 17.0 Å². The molecule has 0 bridgehead atoms. The van der Waals surface area contributed by atoms with E-state index in [1.807, 2.05) is 30.3 Å². The second-order valence-corrected chi connectivity index (χ2v) is 8.29. The summed E-state index contributed by atoms with van der Waals surface area (Å²) in [5.74, 6) is -0.0488. The molecule has 150 valence electrons. The molecule has 0 unspecified atom stereocenters. The first-order chi connectivity index (χ1) is 14.5. The van der Waals surface area contributed by atoms with Gasteiger partial charge >= 0.3 is 0 Å². The van der Waals surface area contributed by atoms with E-state index in [0.29, 0.717) is 11.3 Å². The normalized spacial score (nSPS) is 10.8. The van der Waals surface area contributed by atoms with E-state index in [-0.39, 0.29) is 17.3 Å². The molecular formula is C21H16N4O3S2. The Kier molecular flexibility index (Phi) is 5.73. The smallest absolute Gasteiger partial charge is 0.269 e. The van der Waals surface area contributed by atoms with Crippen LogP contribution in [0.2, 0.25) is 0 Å². The number of hydrogen-bond acceptors (Lipinski definition) is 7. The number of non-ortho nitro benzene ring substituents is 1. The van der Waals surface area contributed by atoms with Crippen molar-refractivity contribution in [2.75, 3.05) is 11.1 Å². The minimum absolute atomic E-state index is 0.00542. The van der Waals surface area contributed by atoms with E-state index in [4.69, 9.17) is 0 Å². The fraction of sp³-hybridized carbons (Fsp3) is 0.0952. The molecule has 0 saturated carbocycles. The average Bonchev–Trinajstić information content (AvgIpc) is 3.19. The summed E-state index contributed by atoms with van der Waals surface area (Å²) in [6.45, 7) is 1.72. The molecule has 0 radical (unpaired) electrons. The van der Waals surface area contributed by atoms with Crippen LogP contribution in [0.5, 0.6) is 0 Å². The minimum Gasteiger partial charge on any atom is -0.325 e. The highest BCUT2D eigenvalue weighted by Gasteiger charge is 2.15. The predicted octanol–water partition coefficient (Wildman–Crippen LogP) is 5.31. The van der Waals surface area contributed by atoms with E-state index in [1.165, 1.54) is 30.2 Å². The van der Waals surface area contributed by atoms with Crippen LogP contribution in [0.15, 0.2) is 65.3 Å². The van der Waals surface area contributed by atoms with Crippen molar-refractivity contribution in [3.63, 3.8) is 0 Å². The van der Waals surface area contributed by atoms with Gasteiger partial charge in [-0.05, 0) is 24.1 Å². The molecule has 7 nitrogen and oxygen atoms in total. The van der Waals surface area contributed by atoms with Gasteiger partial charge in [0.15, 0.2) is 0 Å². The molecule has 9 heteroatoms. The number of aryl methyl sites for hydroxylation is 1. The molecule has 2 aromatic carbocycles. The van der Waals surface area contributed by atoms with Crippen LogP contribution in [0.3, 0.4) is 0 Å². The summed E-state index contributed by atoms with van der Waals surface area (Å²) in [5.41, 5.74) is 3.31. The molecular weight excluding hydrogens is 420 g/mol. The van der Waals surface area contributed by atoms with Gasteiger partial charge in [0, 0.05) is 28.8 Å². The van der Waals surface area contributed by atoms with E-state index < -0.39 is 4.92 Å². The largest absolute Gasteiger partial charge is 0.325 e. The third kappa shape index (κ3) is 4.17. The van der Waals surface area contributed by atoms with Crippen molar-refractivity contribution in [2.24, 2.45) is 0 Å². The molecule has 0 spiro atoms. The number of amides is 1. The molecule has 1 amide bonds. The van der Waals surface area contributed by atoms with Gasteiger partial charge in [-0.15, -0.1) is 11.3 Å². The second kappa shape index (κ2) is 8.60. The zero-order valence-corrected chi connectivity index (χ0v) is 17.5. The number of nitro groups is 1. The van der Waals surface area contributed by atoms with Gasteiger partial charge in [-0.3, -0.25) is 14.9 Å². The molecule has 0 aliphatic carbocycles. The van der Waals surface area contributed by atoms with Crippen LogP contribution >= 0.6 is 23.1 Å². The maximum atomic E-state index is 12.5. The number of anilines is 1. The molecule has 4 rings (SSSR count). The van der Waals surface area contributed by atoms with Crippen molar-refractivity contribution in [1.29, 1.82) is 0 Å². The van der Waals surface area contributed by atoms with Crippen molar-refractivity contribution in [2.45, 2.75) is 11.9 Å². The lowest BCUT2D eigenvalue weighted by Gasteiger charge is -2.09. The number of nitrogens with zero attached hydrogens (tertiary/aromatic N) is 3. The molecule has 2 aromatic heterocycles. The molecule has 2 heterocycles. The molecule has 0 aliphatic rings. The Morgan fingerprint density at radius 2 is 2.00 bits per heavy atom. The predicted molar refractivity (Wildman–Crippen MR) is 120 cm³/mol. The lowest BCUT2D eigenvalue weighted by molar-refractivity contribution is -0.384. The van der Waals surface area contributed by atoms with Crippen molar-refractivity contribution in [3.8, 4) is 11.1 Å². The zero-order chi connectivity index (χ0) is 21.1. The van der Waals surface area contributed by atoms with Crippen molar-refractivity contribution < 1.29 is 9.72 Å². The van der Waals surface area contributed by atoms with Crippen LogP contribution in [-0.4, -0.2) is 26.6 Å². The number of aromatic nitrogens is 2. The van der Waals surface area contributed by atoms with E-state index in [9.17, 15) is 14.9 Å². The maximum absolute atomic E-state index is 12.5. The van der Waals surface area contributed by atoms with Gasteiger partial charge < -0.3 is 5.32 Å². The number of nitro benzene ring substituents is 1. The summed E-state index contributed by atoms with van der Waals surface area (Å²) in [4.78, 5) is 32.5. The molecule has 1 N–H and O–H groups in total. The summed E-state index contributed by atoms with van der Waals surface area (Å²) >= 11 is 2.89. The zero-order valence-electron chi connectivity index (χ0n) is 15.9. The summed E-state index contributed by atoms with van der Waals surface area (Å²) < 4.78 is 0. The Balaban J connectivity index is 1.52. The SMILES string of the molecule is Cc1cc([N+](=O)[O-])ccc1NC(=O)CSc1ncnc2scc(-c3ccccc3)c12. The molecule has 0 fully saturated rings. The number of rotatable bonds is 6. The lowest BCUT2D eigenvalue weighted by Crippen LogP contribution is -2.15. The van der Waals surface area contributed by atoms with Gasteiger partial charge in [0.2, 0.25) is 5.91 Å². The van der Waals surface area contributed by atoms with Gasteiger partial charge in [-0.1, -0.05) is 42.1 Å². The van der Waals surface area contributed by atoms with Crippen molar-refractivity contribution >= 4 is 50.6 Å². The number of fused-ring (bicyclic) bond motifs is 1. The maximum Gasteiger partial charge on any atom is 0.269 e. The molecule has 0 atom stereocenters. The first-order valence-corrected chi connectivity index (χ1v) is 10.8.